The van der Waals surface area contributed by atoms with Crippen LogP contribution in [0.25, 0.3) is 0 Å². The number of nitrogens with zero attached hydrogens (tertiary/aromatic N) is 5. The number of halogens is 1. The molecule has 0 saturated carbocycles. The number of piperazine rings is 1. The van der Waals surface area contributed by atoms with E-state index in [2.05, 4.69) is 61.4 Å². The Hall–Kier alpha value is -1.65. The van der Waals surface area contributed by atoms with Crippen molar-refractivity contribution in [3.05, 3.63) is 53.4 Å². The highest BCUT2D eigenvalue weighted by Crippen LogP contribution is 2.19. The van der Waals surface area contributed by atoms with E-state index in [4.69, 9.17) is 4.52 Å². The first kappa shape index (κ1) is 25.0. The van der Waals surface area contributed by atoms with Gasteiger partial charge in [0.1, 0.15) is 6.26 Å². The summed E-state index contributed by atoms with van der Waals surface area (Å²) in [5.41, 5.74) is 3.79. The van der Waals surface area contributed by atoms with Crippen LogP contribution in [-0.4, -0.2) is 72.1 Å². The van der Waals surface area contributed by atoms with Gasteiger partial charge in [-0.25, -0.2) is 0 Å². The molecule has 0 radical (unpaired) electrons. The van der Waals surface area contributed by atoms with Crippen LogP contribution in [0.5, 0.6) is 0 Å². The Kier molecular flexibility index (Phi) is 9.80. The monoisotopic (exact) mass is 552 g/mol. The average molecular weight is 553 g/mol. The van der Waals surface area contributed by atoms with Crippen LogP contribution in [0.1, 0.15) is 36.6 Å². The molecule has 0 amide bonds. The van der Waals surface area contributed by atoms with Gasteiger partial charge >= 0.3 is 0 Å². The zero-order chi connectivity index (χ0) is 21.5. The molecule has 1 N–H and O–H groups in total. The maximum absolute atomic E-state index is 4.95. The molecule has 1 atom stereocenters. The van der Waals surface area contributed by atoms with Crippen LogP contribution < -0.4 is 5.32 Å². The molecule has 2 aliphatic heterocycles. The molecule has 1 aromatic heterocycles. The van der Waals surface area contributed by atoms with E-state index in [1.54, 1.807) is 6.26 Å². The first-order valence-corrected chi connectivity index (χ1v) is 11.6. The van der Waals surface area contributed by atoms with Gasteiger partial charge in [0.2, 0.25) is 0 Å². The van der Waals surface area contributed by atoms with Crippen LogP contribution in [-0.2, 0) is 19.6 Å². The normalized spacial score (nSPS) is 20.8. The van der Waals surface area contributed by atoms with Crippen molar-refractivity contribution in [1.29, 1.82) is 0 Å². The Morgan fingerprint density at radius 2 is 1.84 bits per heavy atom. The molecule has 1 aromatic carbocycles. The molecule has 0 bridgehead atoms. The number of rotatable bonds is 6. The summed E-state index contributed by atoms with van der Waals surface area (Å²) in [7, 11) is 1.88. The van der Waals surface area contributed by atoms with Gasteiger partial charge in [-0.15, -0.1) is 24.0 Å². The van der Waals surface area contributed by atoms with E-state index < -0.39 is 0 Å². The highest BCUT2D eigenvalue weighted by atomic mass is 127. The number of benzene rings is 1. The summed E-state index contributed by atoms with van der Waals surface area (Å²) in [5.74, 6) is 1.79. The van der Waals surface area contributed by atoms with E-state index in [0.29, 0.717) is 0 Å². The first-order chi connectivity index (χ1) is 15.2. The van der Waals surface area contributed by atoms with Gasteiger partial charge in [-0.1, -0.05) is 36.3 Å². The fourth-order valence-corrected chi connectivity index (χ4v) is 4.73. The highest BCUT2D eigenvalue weighted by Gasteiger charge is 2.21. The zero-order valence-electron chi connectivity index (χ0n) is 19.4. The van der Waals surface area contributed by atoms with Crippen molar-refractivity contribution in [2.45, 2.75) is 39.4 Å². The molecule has 176 valence electrons. The molecule has 1 unspecified atom stereocenters. The number of nitrogens with one attached hydrogen (secondary N) is 1. The molecule has 4 rings (SSSR count). The zero-order valence-corrected chi connectivity index (χ0v) is 21.7. The Labute approximate surface area is 209 Å². The van der Waals surface area contributed by atoms with E-state index in [1.165, 1.54) is 37.1 Å². The van der Waals surface area contributed by atoms with Crippen molar-refractivity contribution in [2.24, 2.45) is 10.9 Å². The van der Waals surface area contributed by atoms with Gasteiger partial charge in [-0.05, 0) is 36.4 Å². The summed E-state index contributed by atoms with van der Waals surface area (Å²) in [6.07, 6.45) is 4.32. The largest absolute Gasteiger partial charge is 0.364 e. The summed E-state index contributed by atoms with van der Waals surface area (Å²) in [6, 6.07) is 10.8. The van der Waals surface area contributed by atoms with Crippen molar-refractivity contribution in [3.63, 3.8) is 0 Å². The van der Waals surface area contributed by atoms with Crippen LogP contribution in [0.15, 0.2) is 46.1 Å². The van der Waals surface area contributed by atoms with Gasteiger partial charge in [0.15, 0.2) is 5.96 Å². The van der Waals surface area contributed by atoms with Gasteiger partial charge < -0.3 is 14.7 Å². The Balaban J connectivity index is 0.00000289. The minimum absolute atomic E-state index is 0. The molecule has 0 spiro atoms. The first-order valence-electron chi connectivity index (χ1n) is 11.6. The number of hydrogen-bond donors (Lipinski definition) is 1. The molecule has 7 nitrogen and oxygen atoms in total. The van der Waals surface area contributed by atoms with Crippen LogP contribution in [0.2, 0.25) is 0 Å². The summed E-state index contributed by atoms with van der Waals surface area (Å²) >= 11 is 0. The van der Waals surface area contributed by atoms with E-state index in [0.717, 1.165) is 63.4 Å². The van der Waals surface area contributed by atoms with Crippen molar-refractivity contribution < 1.29 is 4.52 Å². The second-order valence-corrected chi connectivity index (χ2v) is 8.91. The van der Waals surface area contributed by atoms with Crippen LogP contribution in [0.3, 0.4) is 0 Å². The lowest BCUT2D eigenvalue weighted by molar-refractivity contribution is 0.169. The number of aliphatic imine (C=N–C) groups is 1. The summed E-state index contributed by atoms with van der Waals surface area (Å²) in [4.78, 5) is 11.9. The van der Waals surface area contributed by atoms with Crippen molar-refractivity contribution in [3.8, 4) is 0 Å². The molecule has 8 heteroatoms. The van der Waals surface area contributed by atoms with Gasteiger partial charge in [0.25, 0.3) is 0 Å². The van der Waals surface area contributed by atoms with E-state index in [1.807, 2.05) is 13.1 Å². The molecule has 2 aromatic rings. The number of guanidine groups is 1. The third-order valence-electron chi connectivity index (χ3n) is 6.45. The van der Waals surface area contributed by atoms with E-state index >= 15 is 0 Å². The van der Waals surface area contributed by atoms with E-state index in [-0.39, 0.29) is 24.0 Å². The average Bonchev–Trinajstić information content (AvgIpc) is 3.29. The second kappa shape index (κ2) is 12.6. The van der Waals surface area contributed by atoms with Crippen LogP contribution in [0, 0.1) is 5.92 Å². The summed E-state index contributed by atoms with van der Waals surface area (Å²) < 4.78 is 4.95. The fraction of sp³-hybridized carbons (Fsp3) is 0.583. The Morgan fingerprint density at radius 3 is 2.53 bits per heavy atom. The lowest BCUT2D eigenvalue weighted by Crippen LogP contribution is -2.52. The van der Waals surface area contributed by atoms with Crippen LogP contribution in [0.4, 0.5) is 0 Å². The Morgan fingerprint density at radius 1 is 1.06 bits per heavy atom. The van der Waals surface area contributed by atoms with Crippen molar-refractivity contribution in [1.82, 2.24) is 25.2 Å². The molecule has 2 aliphatic rings. The van der Waals surface area contributed by atoms with Gasteiger partial charge in [0, 0.05) is 65.5 Å². The topological polar surface area (TPSA) is 60.1 Å². The maximum atomic E-state index is 4.95. The predicted molar refractivity (Wildman–Crippen MR) is 139 cm³/mol. The van der Waals surface area contributed by atoms with Crippen LogP contribution >= 0.6 is 24.0 Å². The Bertz CT molecular complexity index is 835. The lowest BCUT2D eigenvalue weighted by Gasteiger charge is -2.36. The second-order valence-electron chi connectivity index (χ2n) is 8.91. The van der Waals surface area contributed by atoms with Gasteiger partial charge in [0.05, 0.1) is 5.69 Å². The smallest absolute Gasteiger partial charge is 0.194 e. The number of hydrogen-bond acceptors (Lipinski definition) is 5. The quantitative estimate of drug-likeness (QED) is 0.337. The maximum Gasteiger partial charge on any atom is 0.194 e. The third-order valence-corrected chi connectivity index (χ3v) is 6.45. The highest BCUT2D eigenvalue weighted by molar-refractivity contribution is 14.0. The molecule has 3 heterocycles. The van der Waals surface area contributed by atoms with E-state index in [9.17, 15) is 0 Å². The van der Waals surface area contributed by atoms with Crippen molar-refractivity contribution >= 4 is 29.9 Å². The summed E-state index contributed by atoms with van der Waals surface area (Å²) in [5, 5.41) is 7.64. The molecular formula is C24H37IN6O. The standard InChI is InChI=1S/C24H36N6O.HI/c1-20-6-5-10-29(17-20)18-22-8-4-3-7-21(22)16-26-24(25-2)30-13-11-28(12-14-30)19-23-9-15-31-27-23;/h3-4,7-9,15,20H,5-6,10-14,16-19H2,1-2H3,(H,25,26);1H. The minimum atomic E-state index is 0. The SMILES string of the molecule is CN=C(NCc1ccccc1CN1CCCC(C)C1)N1CCN(Cc2ccon2)CC1.I. The minimum Gasteiger partial charge on any atom is -0.364 e. The molecule has 2 saturated heterocycles. The fourth-order valence-electron chi connectivity index (χ4n) is 4.73. The molecule has 0 aliphatic carbocycles. The number of aromatic nitrogens is 1. The van der Waals surface area contributed by atoms with Gasteiger partial charge in [-0.2, -0.15) is 0 Å². The van der Waals surface area contributed by atoms with Gasteiger partial charge in [-0.3, -0.25) is 14.8 Å². The molecule has 32 heavy (non-hydrogen) atoms. The number of piperidine rings is 1. The molecule has 2 fully saturated rings. The third kappa shape index (κ3) is 6.92. The summed E-state index contributed by atoms with van der Waals surface area (Å²) in [6.45, 7) is 11.4. The number of likely N-dealkylation sites (tertiary alicyclic amines) is 1. The lowest BCUT2D eigenvalue weighted by atomic mass is 9.99. The predicted octanol–water partition coefficient (Wildman–Crippen LogP) is 3.42. The molecular weight excluding hydrogens is 515 g/mol. The van der Waals surface area contributed by atoms with Crippen molar-refractivity contribution in [2.75, 3.05) is 46.3 Å².